The summed E-state index contributed by atoms with van der Waals surface area (Å²) in [6.07, 6.45) is 1.48. The van der Waals surface area contributed by atoms with Gasteiger partial charge in [0, 0.05) is 18.9 Å². The van der Waals surface area contributed by atoms with Crippen LogP contribution in [0.1, 0.15) is 47.3 Å². The Balaban J connectivity index is 2.63. The fraction of sp³-hybridized carbons (Fsp3) is 0.471. The maximum atomic E-state index is 12.0. The van der Waals surface area contributed by atoms with Crippen molar-refractivity contribution in [1.82, 2.24) is 0 Å². The molecule has 1 unspecified atom stereocenters. The number of methoxy groups -OCH3 is 1. The first-order valence-corrected chi connectivity index (χ1v) is 7.32. The van der Waals surface area contributed by atoms with Gasteiger partial charge in [-0.1, -0.05) is 0 Å². The lowest BCUT2D eigenvalue weighted by Crippen LogP contribution is -2.45. The standard InChI is InChI=1S/C17H20O6/c1-9-10(2)15-12(13(8-18)14(9)22-11(3)19)6-7-17(4,23-15)16(20)21-5/h8H,6-7H2,1-5H3. The van der Waals surface area contributed by atoms with E-state index in [2.05, 4.69) is 0 Å². The van der Waals surface area contributed by atoms with Gasteiger partial charge in [-0.3, -0.25) is 9.59 Å². The molecule has 6 nitrogen and oxygen atoms in total. The summed E-state index contributed by atoms with van der Waals surface area (Å²) in [5, 5.41) is 0. The molecule has 0 amide bonds. The number of carbonyl (C=O) groups excluding carboxylic acids is 3. The van der Waals surface area contributed by atoms with Crippen molar-refractivity contribution in [3.05, 3.63) is 22.3 Å². The molecule has 1 aromatic rings. The smallest absolute Gasteiger partial charge is 0.349 e. The molecule has 0 spiro atoms. The molecule has 1 atom stereocenters. The zero-order chi connectivity index (χ0) is 17.4. The van der Waals surface area contributed by atoms with Crippen LogP contribution in [0.25, 0.3) is 0 Å². The summed E-state index contributed by atoms with van der Waals surface area (Å²) in [5.41, 5.74) is 1.22. The number of hydrogen-bond acceptors (Lipinski definition) is 6. The number of ether oxygens (including phenoxy) is 3. The van der Waals surface area contributed by atoms with Crippen LogP contribution in [-0.2, 0) is 20.7 Å². The zero-order valence-electron chi connectivity index (χ0n) is 13.9. The predicted octanol–water partition coefficient (Wildman–Crippen LogP) is 2.30. The molecule has 1 aliphatic rings. The van der Waals surface area contributed by atoms with Crippen LogP contribution in [-0.4, -0.2) is 30.9 Å². The molecule has 0 N–H and O–H groups in total. The molecule has 2 rings (SSSR count). The summed E-state index contributed by atoms with van der Waals surface area (Å²) >= 11 is 0. The Morgan fingerprint density at radius 1 is 1.26 bits per heavy atom. The minimum Gasteiger partial charge on any atom is -0.475 e. The number of carbonyl (C=O) groups is 3. The SMILES string of the molecule is COC(=O)C1(C)CCc2c(C=O)c(OC(C)=O)c(C)c(C)c2O1. The average Bonchev–Trinajstić information content (AvgIpc) is 2.52. The Bertz CT molecular complexity index is 691. The third-order valence-corrected chi connectivity index (χ3v) is 4.25. The summed E-state index contributed by atoms with van der Waals surface area (Å²) in [5.74, 6) is -0.211. The van der Waals surface area contributed by atoms with Crippen LogP contribution in [0.2, 0.25) is 0 Å². The van der Waals surface area contributed by atoms with Gasteiger partial charge in [-0.05, 0) is 38.3 Å². The van der Waals surface area contributed by atoms with Crippen LogP contribution < -0.4 is 9.47 Å². The highest BCUT2D eigenvalue weighted by atomic mass is 16.6. The lowest BCUT2D eigenvalue weighted by Gasteiger charge is -2.35. The molecule has 0 bridgehead atoms. The molecule has 1 heterocycles. The van der Waals surface area contributed by atoms with E-state index in [0.29, 0.717) is 41.6 Å². The second kappa shape index (κ2) is 6.02. The van der Waals surface area contributed by atoms with Crippen molar-refractivity contribution < 1.29 is 28.6 Å². The predicted molar refractivity (Wildman–Crippen MR) is 82.0 cm³/mol. The molecule has 0 radical (unpaired) electrons. The molecular formula is C17H20O6. The first-order valence-electron chi connectivity index (χ1n) is 7.32. The Kier molecular flexibility index (Phi) is 4.45. The van der Waals surface area contributed by atoms with Crippen LogP contribution in [0.5, 0.6) is 11.5 Å². The molecule has 0 saturated heterocycles. The van der Waals surface area contributed by atoms with Crippen molar-refractivity contribution in [3.63, 3.8) is 0 Å². The second-order valence-electron chi connectivity index (χ2n) is 5.84. The van der Waals surface area contributed by atoms with E-state index in [1.165, 1.54) is 14.0 Å². The molecule has 1 aromatic carbocycles. The average molecular weight is 320 g/mol. The largest absolute Gasteiger partial charge is 0.475 e. The highest BCUT2D eigenvalue weighted by molar-refractivity contribution is 5.88. The van der Waals surface area contributed by atoms with E-state index in [-0.39, 0.29) is 5.75 Å². The third-order valence-electron chi connectivity index (χ3n) is 4.25. The van der Waals surface area contributed by atoms with Crippen LogP contribution >= 0.6 is 0 Å². The first-order chi connectivity index (χ1) is 10.7. The van der Waals surface area contributed by atoms with Gasteiger partial charge in [-0.15, -0.1) is 0 Å². The van der Waals surface area contributed by atoms with E-state index in [1.54, 1.807) is 20.8 Å². The number of rotatable bonds is 3. The van der Waals surface area contributed by atoms with E-state index < -0.39 is 17.5 Å². The van der Waals surface area contributed by atoms with Crippen molar-refractivity contribution >= 4 is 18.2 Å². The van der Waals surface area contributed by atoms with Crippen LogP contribution in [0.4, 0.5) is 0 Å². The van der Waals surface area contributed by atoms with Gasteiger partial charge in [0.05, 0.1) is 12.7 Å². The summed E-state index contributed by atoms with van der Waals surface area (Å²) < 4.78 is 15.9. The van der Waals surface area contributed by atoms with E-state index in [4.69, 9.17) is 14.2 Å². The molecular weight excluding hydrogens is 300 g/mol. The number of benzene rings is 1. The summed E-state index contributed by atoms with van der Waals surface area (Å²) in [4.78, 5) is 34.8. The van der Waals surface area contributed by atoms with Gasteiger partial charge >= 0.3 is 11.9 Å². The molecule has 1 aliphatic heterocycles. The molecule has 23 heavy (non-hydrogen) atoms. The van der Waals surface area contributed by atoms with E-state index in [1.807, 2.05) is 0 Å². The van der Waals surface area contributed by atoms with E-state index in [0.717, 1.165) is 5.56 Å². The molecule has 0 aromatic heterocycles. The number of hydrogen-bond donors (Lipinski definition) is 0. The lowest BCUT2D eigenvalue weighted by atomic mass is 9.87. The number of esters is 2. The van der Waals surface area contributed by atoms with Crippen molar-refractivity contribution in [3.8, 4) is 11.5 Å². The fourth-order valence-corrected chi connectivity index (χ4v) is 2.81. The minimum absolute atomic E-state index is 0.258. The zero-order valence-corrected chi connectivity index (χ0v) is 13.9. The molecule has 6 heteroatoms. The number of fused-ring (bicyclic) bond motifs is 1. The van der Waals surface area contributed by atoms with Crippen molar-refractivity contribution in [1.29, 1.82) is 0 Å². The third kappa shape index (κ3) is 2.81. The van der Waals surface area contributed by atoms with Crippen molar-refractivity contribution in [2.24, 2.45) is 0 Å². The molecule has 0 saturated carbocycles. The van der Waals surface area contributed by atoms with Gasteiger partial charge in [-0.25, -0.2) is 4.79 Å². The quantitative estimate of drug-likeness (QED) is 0.483. The van der Waals surface area contributed by atoms with Crippen LogP contribution in [0, 0.1) is 13.8 Å². The van der Waals surface area contributed by atoms with E-state index in [9.17, 15) is 14.4 Å². The molecule has 0 fully saturated rings. The highest BCUT2D eigenvalue weighted by Gasteiger charge is 2.42. The summed E-state index contributed by atoms with van der Waals surface area (Å²) in [7, 11) is 1.31. The van der Waals surface area contributed by atoms with Gasteiger partial charge in [-0.2, -0.15) is 0 Å². The Morgan fingerprint density at radius 3 is 2.43 bits per heavy atom. The first kappa shape index (κ1) is 17.0. The maximum absolute atomic E-state index is 12.0. The van der Waals surface area contributed by atoms with Crippen molar-refractivity contribution in [2.45, 2.75) is 46.1 Å². The minimum atomic E-state index is -1.10. The van der Waals surface area contributed by atoms with Gasteiger partial charge in [0.15, 0.2) is 6.29 Å². The lowest BCUT2D eigenvalue weighted by molar-refractivity contribution is -0.159. The van der Waals surface area contributed by atoms with Gasteiger partial charge in [0.25, 0.3) is 0 Å². The van der Waals surface area contributed by atoms with E-state index >= 15 is 0 Å². The van der Waals surface area contributed by atoms with Gasteiger partial charge in [0.1, 0.15) is 11.5 Å². The Morgan fingerprint density at radius 2 is 1.91 bits per heavy atom. The Hall–Kier alpha value is -2.37. The highest BCUT2D eigenvalue weighted by Crippen LogP contribution is 2.43. The summed E-state index contributed by atoms with van der Waals surface area (Å²) in [6, 6.07) is 0. The molecule has 0 aliphatic carbocycles. The summed E-state index contributed by atoms with van der Waals surface area (Å²) in [6.45, 7) is 6.50. The normalized spacial score (nSPS) is 19.3. The van der Waals surface area contributed by atoms with Gasteiger partial charge < -0.3 is 14.2 Å². The fourth-order valence-electron chi connectivity index (χ4n) is 2.81. The number of aldehydes is 1. The maximum Gasteiger partial charge on any atom is 0.349 e. The monoisotopic (exact) mass is 320 g/mol. The second-order valence-corrected chi connectivity index (χ2v) is 5.84. The van der Waals surface area contributed by atoms with Crippen LogP contribution in [0.15, 0.2) is 0 Å². The van der Waals surface area contributed by atoms with Crippen LogP contribution in [0.3, 0.4) is 0 Å². The van der Waals surface area contributed by atoms with Gasteiger partial charge in [0.2, 0.25) is 5.60 Å². The van der Waals surface area contributed by atoms with Crippen molar-refractivity contribution in [2.75, 3.05) is 7.11 Å². The topological polar surface area (TPSA) is 78.9 Å². The Labute approximate surface area is 134 Å². The molecule has 124 valence electrons.